The zero-order valence-electron chi connectivity index (χ0n) is 13.8. The largest absolute Gasteiger partial charge is 0.372 e. The number of anilines is 1. The molecular formula is C16H24N4O3. The predicted molar refractivity (Wildman–Crippen MR) is 87.5 cm³/mol. The van der Waals surface area contributed by atoms with E-state index < -0.39 is 0 Å². The average Bonchev–Trinajstić information content (AvgIpc) is 2.50. The molecule has 0 aromatic carbocycles. The Morgan fingerprint density at radius 1 is 1.22 bits per heavy atom. The lowest BCUT2D eigenvalue weighted by Gasteiger charge is -2.36. The van der Waals surface area contributed by atoms with Gasteiger partial charge in [-0.15, -0.1) is 0 Å². The Morgan fingerprint density at radius 2 is 1.87 bits per heavy atom. The molecule has 2 amide bonds. The number of amides is 2. The summed E-state index contributed by atoms with van der Waals surface area (Å²) in [6, 6.07) is 3.62. The summed E-state index contributed by atoms with van der Waals surface area (Å²) in [4.78, 5) is 29.3. The molecule has 126 valence electrons. The molecule has 7 heteroatoms. The molecule has 2 rings (SSSR count). The molecule has 0 radical (unpaired) electrons. The highest BCUT2D eigenvalue weighted by Crippen LogP contribution is 2.18. The second kappa shape index (κ2) is 7.92. The highest BCUT2D eigenvalue weighted by Gasteiger charge is 2.23. The van der Waals surface area contributed by atoms with Gasteiger partial charge in [-0.3, -0.25) is 9.59 Å². The molecule has 7 nitrogen and oxygen atoms in total. The van der Waals surface area contributed by atoms with E-state index in [9.17, 15) is 9.59 Å². The van der Waals surface area contributed by atoms with Crippen LogP contribution in [0.1, 0.15) is 31.1 Å². The maximum absolute atomic E-state index is 12.0. The molecule has 0 spiro atoms. The third-order valence-corrected chi connectivity index (χ3v) is 3.54. The topological polar surface area (TPSA) is 83.6 Å². The Morgan fingerprint density at radius 3 is 2.43 bits per heavy atom. The molecule has 0 unspecified atom stereocenters. The number of pyridine rings is 1. The third kappa shape index (κ3) is 5.21. The summed E-state index contributed by atoms with van der Waals surface area (Å²) < 4.78 is 5.71. The maximum Gasteiger partial charge on any atom is 0.252 e. The summed E-state index contributed by atoms with van der Waals surface area (Å²) in [5, 5.41) is 5.37. The molecule has 2 atom stereocenters. The highest BCUT2D eigenvalue weighted by molar-refractivity contribution is 5.94. The first-order valence-corrected chi connectivity index (χ1v) is 7.85. The van der Waals surface area contributed by atoms with Crippen LogP contribution in [-0.2, 0) is 9.53 Å². The molecule has 0 bridgehead atoms. The number of carbonyl (C=O) groups is 2. The van der Waals surface area contributed by atoms with E-state index in [0.29, 0.717) is 18.7 Å². The first-order valence-electron chi connectivity index (χ1n) is 7.85. The van der Waals surface area contributed by atoms with Gasteiger partial charge in [-0.05, 0) is 26.0 Å². The molecule has 1 aromatic heterocycles. The fraction of sp³-hybridized carbons (Fsp3) is 0.562. The number of ether oxygens (including phenoxy) is 1. The van der Waals surface area contributed by atoms with Crippen LogP contribution >= 0.6 is 0 Å². The minimum Gasteiger partial charge on any atom is -0.372 e. The molecule has 2 N–H and O–H groups in total. The van der Waals surface area contributed by atoms with Gasteiger partial charge in [0.05, 0.1) is 17.8 Å². The van der Waals surface area contributed by atoms with E-state index >= 15 is 0 Å². The second-order valence-electron chi connectivity index (χ2n) is 5.81. The normalized spacial score (nSPS) is 20.9. The number of nitrogens with zero attached hydrogens (tertiary/aromatic N) is 2. The van der Waals surface area contributed by atoms with Crippen molar-refractivity contribution < 1.29 is 14.3 Å². The zero-order chi connectivity index (χ0) is 16.8. The number of morpholine rings is 1. The molecule has 0 aliphatic carbocycles. The summed E-state index contributed by atoms with van der Waals surface area (Å²) in [5.74, 6) is 0.541. The molecule has 1 aliphatic rings. The van der Waals surface area contributed by atoms with Crippen molar-refractivity contribution >= 4 is 17.6 Å². The smallest absolute Gasteiger partial charge is 0.252 e. The summed E-state index contributed by atoms with van der Waals surface area (Å²) in [6.07, 6.45) is 1.91. The highest BCUT2D eigenvalue weighted by atomic mass is 16.5. The number of aromatic nitrogens is 1. The summed E-state index contributed by atoms with van der Waals surface area (Å²) in [7, 11) is 0. The molecular weight excluding hydrogens is 296 g/mol. The molecule has 23 heavy (non-hydrogen) atoms. The van der Waals surface area contributed by atoms with Gasteiger partial charge >= 0.3 is 0 Å². The number of nitrogens with one attached hydrogen (secondary N) is 2. The van der Waals surface area contributed by atoms with E-state index in [4.69, 9.17) is 4.74 Å². The first-order chi connectivity index (χ1) is 11.0. The van der Waals surface area contributed by atoms with Gasteiger partial charge in [0.1, 0.15) is 5.82 Å². The molecule has 2 heterocycles. The van der Waals surface area contributed by atoms with Gasteiger partial charge in [-0.25, -0.2) is 4.98 Å². The fourth-order valence-electron chi connectivity index (χ4n) is 2.59. The maximum atomic E-state index is 12.0. The van der Waals surface area contributed by atoms with E-state index in [1.54, 1.807) is 12.3 Å². The lowest BCUT2D eigenvalue weighted by molar-refractivity contribution is -0.118. The van der Waals surface area contributed by atoms with Gasteiger partial charge in [-0.2, -0.15) is 0 Å². The Balaban J connectivity index is 1.88. The minimum absolute atomic E-state index is 0.112. The van der Waals surface area contributed by atoms with Crippen LogP contribution < -0.4 is 15.5 Å². The van der Waals surface area contributed by atoms with Crippen LogP contribution in [0, 0.1) is 0 Å². The van der Waals surface area contributed by atoms with E-state index in [0.717, 1.165) is 18.9 Å². The number of hydrogen-bond donors (Lipinski definition) is 2. The van der Waals surface area contributed by atoms with Crippen molar-refractivity contribution in [3.8, 4) is 0 Å². The predicted octanol–water partition coefficient (Wildman–Crippen LogP) is 0.561. The summed E-state index contributed by atoms with van der Waals surface area (Å²) in [5.41, 5.74) is 0.505. The van der Waals surface area contributed by atoms with E-state index in [1.165, 1.54) is 6.92 Å². The molecule has 0 saturated carbocycles. The van der Waals surface area contributed by atoms with Crippen molar-refractivity contribution in [3.63, 3.8) is 0 Å². The molecule has 1 fully saturated rings. The lowest BCUT2D eigenvalue weighted by atomic mass is 10.2. The van der Waals surface area contributed by atoms with Gasteiger partial charge in [0.2, 0.25) is 5.91 Å². The van der Waals surface area contributed by atoms with Crippen LogP contribution in [0.5, 0.6) is 0 Å². The average molecular weight is 320 g/mol. The minimum atomic E-state index is -0.196. The summed E-state index contributed by atoms with van der Waals surface area (Å²) in [6.45, 7) is 7.91. The van der Waals surface area contributed by atoms with Crippen LogP contribution in [0.25, 0.3) is 0 Å². The number of hydrogen-bond acceptors (Lipinski definition) is 5. The van der Waals surface area contributed by atoms with Crippen LogP contribution in [-0.4, -0.2) is 55.2 Å². The summed E-state index contributed by atoms with van der Waals surface area (Å²) >= 11 is 0. The lowest BCUT2D eigenvalue weighted by Crippen LogP contribution is -2.45. The van der Waals surface area contributed by atoms with Crippen molar-refractivity contribution in [2.75, 3.05) is 31.1 Å². The molecule has 1 saturated heterocycles. The quantitative estimate of drug-likeness (QED) is 0.775. The van der Waals surface area contributed by atoms with Gasteiger partial charge in [-0.1, -0.05) is 0 Å². The van der Waals surface area contributed by atoms with Crippen LogP contribution in [0.4, 0.5) is 5.82 Å². The van der Waals surface area contributed by atoms with Gasteiger partial charge in [0, 0.05) is 39.3 Å². The van der Waals surface area contributed by atoms with Gasteiger partial charge in [0.15, 0.2) is 0 Å². The Kier molecular flexibility index (Phi) is 5.92. The van der Waals surface area contributed by atoms with Crippen LogP contribution in [0.15, 0.2) is 18.3 Å². The SMILES string of the molecule is CC(=O)NCCNC(=O)c1ccc(N2C[C@H](C)O[C@@H](C)C2)nc1. The van der Waals surface area contributed by atoms with Gasteiger partial charge in [0.25, 0.3) is 5.91 Å². The van der Waals surface area contributed by atoms with Crippen LogP contribution in [0.2, 0.25) is 0 Å². The van der Waals surface area contributed by atoms with Crippen molar-refractivity contribution in [1.29, 1.82) is 0 Å². The van der Waals surface area contributed by atoms with Crippen molar-refractivity contribution in [1.82, 2.24) is 15.6 Å². The van der Waals surface area contributed by atoms with Gasteiger partial charge < -0.3 is 20.3 Å². The fourth-order valence-corrected chi connectivity index (χ4v) is 2.59. The second-order valence-corrected chi connectivity index (χ2v) is 5.81. The Bertz CT molecular complexity index is 537. The van der Waals surface area contributed by atoms with E-state index in [1.807, 2.05) is 19.9 Å². The molecule has 1 aromatic rings. The number of carbonyl (C=O) groups excluding carboxylic acids is 2. The standard InChI is InChI=1S/C16H24N4O3/c1-11-9-20(10-12(2)23-11)15-5-4-14(8-19-15)16(22)18-7-6-17-13(3)21/h4-5,8,11-12H,6-7,9-10H2,1-3H3,(H,17,21)(H,18,22)/t11-,12-/m0/s1. The van der Waals surface area contributed by atoms with Crippen molar-refractivity contribution in [2.45, 2.75) is 33.0 Å². The first kappa shape index (κ1) is 17.2. The Labute approximate surface area is 136 Å². The monoisotopic (exact) mass is 320 g/mol. The molecule has 1 aliphatic heterocycles. The number of rotatable bonds is 5. The zero-order valence-corrected chi connectivity index (χ0v) is 13.8. The van der Waals surface area contributed by atoms with Crippen molar-refractivity contribution in [2.24, 2.45) is 0 Å². The third-order valence-electron chi connectivity index (χ3n) is 3.54. The van der Waals surface area contributed by atoms with E-state index in [2.05, 4.69) is 20.5 Å². The van der Waals surface area contributed by atoms with Crippen LogP contribution in [0.3, 0.4) is 0 Å². The van der Waals surface area contributed by atoms with Crippen molar-refractivity contribution in [3.05, 3.63) is 23.9 Å². The van der Waals surface area contributed by atoms with E-state index in [-0.39, 0.29) is 24.0 Å². The Hall–Kier alpha value is -2.15.